The number of rotatable bonds is 10. The summed E-state index contributed by atoms with van der Waals surface area (Å²) >= 11 is 0. The summed E-state index contributed by atoms with van der Waals surface area (Å²) < 4.78 is 77.4. The van der Waals surface area contributed by atoms with Gasteiger partial charge in [0.15, 0.2) is 11.5 Å². The first-order valence-electron chi connectivity index (χ1n) is 11.7. The van der Waals surface area contributed by atoms with Crippen molar-refractivity contribution in [3.63, 3.8) is 0 Å². The van der Waals surface area contributed by atoms with Crippen molar-refractivity contribution in [3.8, 4) is 17.2 Å². The van der Waals surface area contributed by atoms with Gasteiger partial charge in [-0.3, -0.25) is 4.79 Å². The first-order chi connectivity index (χ1) is 17.5. The van der Waals surface area contributed by atoms with Crippen LogP contribution in [-0.4, -0.2) is 65.5 Å². The standard InChI is InChI=1S/C25H34N2O9S2/c1-16-10-19(33-6)11-17(2)23(16)38(31,32)27(14-18-8-9-21-22(12-18)35-15-34-21)20(13-26-37(7,29)30)24(28)36-25(3,4)5/h8-12,20,26H,13-15H2,1-7H3/t20-/m1/s1. The summed E-state index contributed by atoms with van der Waals surface area (Å²) in [4.78, 5) is 13.4. The van der Waals surface area contributed by atoms with Crippen molar-refractivity contribution < 1.29 is 40.6 Å². The summed E-state index contributed by atoms with van der Waals surface area (Å²) in [6.07, 6.45) is 0.924. The molecule has 2 aromatic rings. The number of ether oxygens (including phenoxy) is 4. The Morgan fingerprint density at radius 2 is 1.66 bits per heavy atom. The second-order valence-electron chi connectivity index (χ2n) is 10.00. The fourth-order valence-electron chi connectivity index (χ4n) is 4.04. The number of fused-ring (bicyclic) bond motifs is 1. The molecular formula is C25H34N2O9S2. The molecule has 0 radical (unpaired) electrons. The SMILES string of the molecule is COc1cc(C)c(S(=O)(=O)N(Cc2ccc3c(c2)OCO3)[C@H](CNS(C)(=O)=O)C(=O)OC(C)(C)C)c(C)c1. The van der Waals surface area contributed by atoms with Gasteiger partial charge in [0.05, 0.1) is 18.3 Å². The zero-order chi connectivity index (χ0) is 28.5. The number of esters is 1. The van der Waals surface area contributed by atoms with Gasteiger partial charge < -0.3 is 18.9 Å². The summed E-state index contributed by atoms with van der Waals surface area (Å²) in [6.45, 7) is 7.38. The van der Waals surface area contributed by atoms with Crippen LogP contribution in [0.3, 0.4) is 0 Å². The summed E-state index contributed by atoms with van der Waals surface area (Å²) in [7, 11) is -6.70. The van der Waals surface area contributed by atoms with Gasteiger partial charge in [-0.25, -0.2) is 21.6 Å². The number of nitrogens with one attached hydrogen (secondary N) is 1. The van der Waals surface area contributed by atoms with Crippen molar-refractivity contribution in [2.75, 3.05) is 26.7 Å². The van der Waals surface area contributed by atoms with Crippen LogP contribution < -0.4 is 18.9 Å². The topological polar surface area (TPSA) is 138 Å². The highest BCUT2D eigenvalue weighted by Gasteiger charge is 2.40. The minimum Gasteiger partial charge on any atom is -0.497 e. The highest BCUT2D eigenvalue weighted by molar-refractivity contribution is 7.89. The van der Waals surface area contributed by atoms with Crippen molar-refractivity contribution in [1.82, 2.24) is 9.03 Å². The average Bonchev–Trinajstić information content (AvgIpc) is 3.23. The summed E-state index contributed by atoms with van der Waals surface area (Å²) in [5.41, 5.74) is 0.336. The monoisotopic (exact) mass is 570 g/mol. The van der Waals surface area contributed by atoms with Crippen LogP contribution in [0, 0.1) is 13.8 Å². The maximum Gasteiger partial charge on any atom is 0.326 e. The van der Waals surface area contributed by atoms with Crippen LogP contribution in [-0.2, 0) is 36.1 Å². The predicted octanol–water partition coefficient (Wildman–Crippen LogP) is 2.49. The first-order valence-corrected chi connectivity index (χ1v) is 15.1. The molecular weight excluding hydrogens is 536 g/mol. The Bertz CT molecular complexity index is 1390. The Morgan fingerprint density at radius 1 is 1.05 bits per heavy atom. The smallest absolute Gasteiger partial charge is 0.326 e. The van der Waals surface area contributed by atoms with Gasteiger partial charge in [0.2, 0.25) is 26.8 Å². The molecule has 0 saturated heterocycles. The van der Waals surface area contributed by atoms with Crippen molar-refractivity contribution in [3.05, 3.63) is 47.0 Å². The fourth-order valence-corrected chi connectivity index (χ4v) is 6.48. The number of carbonyl (C=O) groups excluding carboxylic acids is 1. The maximum atomic E-state index is 14.3. The molecule has 1 aliphatic rings. The third-order valence-electron chi connectivity index (χ3n) is 5.58. The molecule has 0 fully saturated rings. The lowest BCUT2D eigenvalue weighted by molar-refractivity contribution is -0.159. The zero-order valence-electron chi connectivity index (χ0n) is 22.5. The number of methoxy groups -OCH3 is 1. The van der Waals surface area contributed by atoms with Gasteiger partial charge in [0, 0.05) is 13.1 Å². The van der Waals surface area contributed by atoms with Gasteiger partial charge in [-0.15, -0.1) is 0 Å². The molecule has 1 aliphatic heterocycles. The number of aryl methyl sites for hydroxylation is 2. The minimum atomic E-state index is -4.40. The Labute approximate surface area is 224 Å². The Hall–Kier alpha value is -2.87. The second-order valence-corrected chi connectivity index (χ2v) is 13.7. The molecule has 0 amide bonds. The number of nitrogens with zero attached hydrogens (tertiary/aromatic N) is 1. The Morgan fingerprint density at radius 3 is 2.21 bits per heavy atom. The molecule has 2 aromatic carbocycles. The van der Waals surface area contributed by atoms with Gasteiger partial charge >= 0.3 is 5.97 Å². The largest absolute Gasteiger partial charge is 0.497 e. The third kappa shape index (κ3) is 7.16. The molecule has 38 heavy (non-hydrogen) atoms. The molecule has 3 rings (SSSR count). The quantitative estimate of drug-likeness (QED) is 0.427. The molecule has 210 valence electrons. The van der Waals surface area contributed by atoms with E-state index < -0.39 is 44.2 Å². The number of hydrogen-bond donors (Lipinski definition) is 1. The molecule has 0 aromatic heterocycles. The minimum absolute atomic E-state index is 0.0213. The molecule has 1 N–H and O–H groups in total. The van der Waals surface area contributed by atoms with E-state index in [1.807, 2.05) is 0 Å². The van der Waals surface area contributed by atoms with Crippen molar-refractivity contribution in [2.45, 2.75) is 57.7 Å². The fraction of sp³-hybridized carbons (Fsp3) is 0.480. The van der Waals surface area contributed by atoms with E-state index in [9.17, 15) is 21.6 Å². The first kappa shape index (κ1) is 29.7. The van der Waals surface area contributed by atoms with E-state index in [4.69, 9.17) is 18.9 Å². The zero-order valence-corrected chi connectivity index (χ0v) is 24.2. The maximum absolute atomic E-state index is 14.3. The number of sulfonamides is 2. The van der Waals surface area contributed by atoms with Crippen molar-refractivity contribution in [2.24, 2.45) is 0 Å². The van der Waals surface area contributed by atoms with E-state index in [1.54, 1.807) is 65.0 Å². The average molecular weight is 571 g/mol. The van der Waals surface area contributed by atoms with Crippen molar-refractivity contribution >= 4 is 26.0 Å². The highest BCUT2D eigenvalue weighted by Crippen LogP contribution is 2.35. The van der Waals surface area contributed by atoms with Gasteiger partial charge in [-0.05, 0) is 75.6 Å². The van der Waals surface area contributed by atoms with E-state index in [-0.39, 0.29) is 18.2 Å². The molecule has 11 nitrogen and oxygen atoms in total. The van der Waals surface area contributed by atoms with Gasteiger partial charge in [-0.1, -0.05) is 6.07 Å². The molecule has 13 heteroatoms. The molecule has 0 aliphatic carbocycles. The van der Waals surface area contributed by atoms with Gasteiger partial charge in [0.25, 0.3) is 0 Å². The van der Waals surface area contributed by atoms with Gasteiger partial charge in [-0.2, -0.15) is 4.31 Å². The van der Waals surface area contributed by atoms with Crippen LogP contribution in [0.15, 0.2) is 35.2 Å². The molecule has 0 unspecified atom stereocenters. The number of benzene rings is 2. The lowest BCUT2D eigenvalue weighted by Crippen LogP contribution is -2.52. The third-order valence-corrected chi connectivity index (χ3v) is 8.43. The van der Waals surface area contributed by atoms with Crippen LogP contribution in [0.25, 0.3) is 0 Å². The summed E-state index contributed by atoms with van der Waals surface area (Å²) in [5, 5.41) is 0. The van der Waals surface area contributed by atoms with E-state index in [0.29, 0.717) is 33.9 Å². The van der Waals surface area contributed by atoms with Crippen LogP contribution in [0.5, 0.6) is 17.2 Å². The molecule has 1 atom stereocenters. The highest BCUT2D eigenvalue weighted by atomic mass is 32.2. The van der Waals surface area contributed by atoms with Gasteiger partial charge in [0.1, 0.15) is 17.4 Å². The lowest BCUT2D eigenvalue weighted by atomic mass is 10.1. The Balaban J connectivity index is 2.18. The summed E-state index contributed by atoms with van der Waals surface area (Å²) in [6, 6.07) is 6.55. The molecule has 0 saturated carbocycles. The van der Waals surface area contributed by atoms with Crippen LogP contribution in [0.4, 0.5) is 0 Å². The molecule has 1 heterocycles. The van der Waals surface area contributed by atoms with E-state index >= 15 is 0 Å². The second kappa shape index (κ2) is 11.1. The number of carbonyl (C=O) groups is 1. The molecule has 0 spiro atoms. The molecule has 0 bridgehead atoms. The van der Waals surface area contributed by atoms with E-state index in [0.717, 1.165) is 10.6 Å². The van der Waals surface area contributed by atoms with Crippen LogP contribution in [0.1, 0.15) is 37.5 Å². The van der Waals surface area contributed by atoms with Crippen molar-refractivity contribution in [1.29, 1.82) is 0 Å². The normalized spacial score (nSPS) is 14.4. The van der Waals surface area contributed by atoms with E-state index in [1.165, 1.54) is 7.11 Å². The van der Waals surface area contributed by atoms with Crippen LogP contribution >= 0.6 is 0 Å². The predicted molar refractivity (Wildman–Crippen MR) is 140 cm³/mol. The van der Waals surface area contributed by atoms with Crippen LogP contribution in [0.2, 0.25) is 0 Å². The number of hydrogen-bond acceptors (Lipinski definition) is 9. The lowest BCUT2D eigenvalue weighted by Gasteiger charge is -2.32. The Kier molecular flexibility index (Phi) is 8.66. The summed E-state index contributed by atoms with van der Waals surface area (Å²) in [5.74, 6) is 0.512. The van der Waals surface area contributed by atoms with E-state index in [2.05, 4.69) is 4.72 Å².